The first-order valence-corrected chi connectivity index (χ1v) is 7.18. The van der Waals surface area contributed by atoms with Gasteiger partial charge in [-0.25, -0.2) is 0 Å². The summed E-state index contributed by atoms with van der Waals surface area (Å²) in [6, 6.07) is 9.82. The third-order valence-corrected chi connectivity index (χ3v) is 3.39. The second kappa shape index (κ2) is 8.48. The van der Waals surface area contributed by atoms with Crippen molar-refractivity contribution in [3.8, 4) is 6.07 Å². The largest absolute Gasteiger partial charge is 0.298 e. The normalized spacial score (nSPS) is 11.8. The van der Waals surface area contributed by atoms with Crippen molar-refractivity contribution >= 4 is 5.78 Å². The van der Waals surface area contributed by atoms with Gasteiger partial charge in [0.25, 0.3) is 0 Å². The molecule has 1 aromatic carbocycles. The Labute approximate surface area is 116 Å². The van der Waals surface area contributed by atoms with E-state index in [1.54, 1.807) is 0 Å². The molecule has 0 N–H and O–H groups in total. The molecule has 0 aliphatic carbocycles. The second-order valence-corrected chi connectivity index (χ2v) is 5.10. The fourth-order valence-electron chi connectivity index (χ4n) is 2.14. The molecule has 0 aromatic heterocycles. The Morgan fingerprint density at radius 2 is 1.79 bits per heavy atom. The molecule has 0 heterocycles. The molecule has 1 unspecified atom stereocenters. The summed E-state index contributed by atoms with van der Waals surface area (Å²) in [5, 5.41) is 9.19. The van der Waals surface area contributed by atoms with Gasteiger partial charge in [0.15, 0.2) is 5.78 Å². The fourth-order valence-corrected chi connectivity index (χ4v) is 2.14. The van der Waals surface area contributed by atoms with E-state index in [9.17, 15) is 10.1 Å². The first kappa shape index (κ1) is 15.4. The monoisotopic (exact) mass is 257 g/mol. The van der Waals surface area contributed by atoms with Gasteiger partial charge in [0.05, 0.1) is 6.07 Å². The zero-order valence-corrected chi connectivity index (χ0v) is 12.0. The number of benzene rings is 1. The Bertz CT molecular complexity index is 428. The SMILES string of the molecule is CCCCCCCC(=O)C(C#N)c1ccc(C)cc1. The van der Waals surface area contributed by atoms with Crippen LogP contribution in [0.5, 0.6) is 0 Å². The second-order valence-electron chi connectivity index (χ2n) is 5.10. The van der Waals surface area contributed by atoms with Gasteiger partial charge in [0, 0.05) is 6.42 Å². The Morgan fingerprint density at radius 3 is 2.37 bits per heavy atom. The number of hydrogen-bond donors (Lipinski definition) is 0. The van der Waals surface area contributed by atoms with Crippen LogP contribution < -0.4 is 0 Å². The molecular weight excluding hydrogens is 234 g/mol. The molecule has 0 fully saturated rings. The van der Waals surface area contributed by atoms with E-state index in [0.29, 0.717) is 6.42 Å². The molecule has 19 heavy (non-hydrogen) atoms. The van der Waals surface area contributed by atoms with Gasteiger partial charge in [-0.2, -0.15) is 5.26 Å². The molecule has 1 atom stereocenters. The maximum absolute atomic E-state index is 12.1. The van der Waals surface area contributed by atoms with E-state index in [0.717, 1.165) is 24.0 Å². The molecule has 2 heteroatoms. The van der Waals surface area contributed by atoms with Crippen LogP contribution in [-0.2, 0) is 4.79 Å². The first-order valence-electron chi connectivity index (χ1n) is 7.18. The number of carbonyl (C=O) groups is 1. The average molecular weight is 257 g/mol. The standard InChI is InChI=1S/C17H23NO/c1-3-4-5-6-7-8-17(19)16(13-18)15-11-9-14(2)10-12-15/h9-12,16H,3-8H2,1-2H3. The molecule has 1 aromatic rings. The Hall–Kier alpha value is -1.62. The van der Waals surface area contributed by atoms with Crippen molar-refractivity contribution in [2.75, 3.05) is 0 Å². The summed E-state index contributed by atoms with van der Waals surface area (Å²) in [6.07, 6.45) is 6.14. The van der Waals surface area contributed by atoms with Gasteiger partial charge in [-0.1, -0.05) is 62.4 Å². The summed E-state index contributed by atoms with van der Waals surface area (Å²) in [6.45, 7) is 4.18. The molecule has 0 spiro atoms. The molecule has 0 saturated carbocycles. The number of rotatable bonds is 8. The lowest BCUT2D eigenvalue weighted by Gasteiger charge is -2.08. The number of nitriles is 1. The summed E-state index contributed by atoms with van der Waals surface area (Å²) in [4.78, 5) is 12.1. The van der Waals surface area contributed by atoms with E-state index in [-0.39, 0.29) is 5.78 Å². The van der Waals surface area contributed by atoms with Crippen molar-refractivity contribution in [1.82, 2.24) is 0 Å². The third kappa shape index (κ3) is 5.26. The van der Waals surface area contributed by atoms with Crippen LogP contribution in [0.15, 0.2) is 24.3 Å². The van der Waals surface area contributed by atoms with Gasteiger partial charge < -0.3 is 0 Å². The molecule has 0 amide bonds. The van der Waals surface area contributed by atoms with Crippen LogP contribution in [0.2, 0.25) is 0 Å². The molecule has 2 nitrogen and oxygen atoms in total. The molecule has 1 rings (SSSR count). The summed E-state index contributed by atoms with van der Waals surface area (Å²) in [5.41, 5.74) is 1.97. The topological polar surface area (TPSA) is 40.9 Å². The van der Waals surface area contributed by atoms with Crippen molar-refractivity contribution in [3.63, 3.8) is 0 Å². The molecule has 102 valence electrons. The minimum Gasteiger partial charge on any atom is -0.298 e. The predicted molar refractivity (Wildman–Crippen MR) is 77.9 cm³/mol. The van der Waals surface area contributed by atoms with Crippen LogP contribution in [0.4, 0.5) is 0 Å². The highest BCUT2D eigenvalue weighted by molar-refractivity contribution is 5.88. The van der Waals surface area contributed by atoms with Crippen molar-refractivity contribution in [1.29, 1.82) is 5.26 Å². The van der Waals surface area contributed by atoms with Crippen LogP contribution in [-0.4, -0.2) is 5.78 Å². The van der Waals surface area contributed by atoms with Gasteiger partial charge >= 0.3 is 0 Å². The maximum atomic E-state index is 12.1. The highest BCUT2D eigenvalue weighted by Gasteiger charge is 2.19. The average Bonchev–Trinajstić information content (AvgIpc) is 2.41. The van der Waals surface area contributed by atoms with Crippen LogP contribution >= 0.6 is 0 Å². The van der Waals surface area contributed by atoms with E-state index in [2.05, 4.69) is 13.0 Å². The molecule has 0 aliphatic heterocycles. The Kier molecular flexibility index (Phi) is 6.89. The quantitative estimate of drug-likeness (QED) is 0.642. The van der Waals surface area contributed by atoms with Crippen molar-refractivity contribution in [2.45, 2.75) is 58.3 Å². The lowest BCUT2D eigenvalue weighted by Crippen LogP contribution is -2.10. The Balaban J connectivity index is 2.49. The Morgan fingerprint density at radius 1 is 1.16 bits per heavy atom. The number of ketones is 1. The summed E-state index contributed by atoms with van der Waals surface area (Å²) in [5.74, 6) is -0.533. The van der Waals surface area contributed by atoms with Crippen LogP contribution in [0.3, 0.4) is 0 Å². The number of unbranched alkanes of at least 4 members (excludes halogenated alkanes) is 4. The smallest absolute Gasteiger partial charge is 0.154 e. The predicted octanol–water partition coefficient (Wildman–Crippen LogP) is 4.53. The third-order valence-electron chi connectivity index (χ3n) is 3.39. The van der Waals surface area contributed by atoms with Crippen LogP contribution in [0, 0.1) is 18.3 Å². The highest BCUT2D eigenvalue weighted by atomic mass is 16.1. The zero-order chi connectivity index (χ0) is 14.1. The molecule has 0 radical (unpaired) electrons. The summed E-state index contributed by atoms with van der Waals surface area (Å²) >= 11 is 0. The van der Waals surface area contributed by atoms with E-state index in [1.807, 2.05) is 31.2 Å². The van der Waals surface area contributed by atoms with Gasteiger partial charge in [-0.15, -0.1) is 0 Å². The van der Waals surface area contributed by atoms with Crippen LogP contribution in [0.25, 0.3) is 0 Å². The summed E-state index contributed by atoms with van der Waals surface area (Å²) < 4.78 is 0. The molecular formula is C17H23NO. The number of carbonyl (C=O) groups excluding carboxylic acids is 1. The minimum absolute atomic E-state index is 0.0582. The van der Waals surface area contributed by atoms with E-state index >= 15 is 0 Å². The molecule has 0 bridgehead atoms. The number of aryl methyl sites for hydroxylation is 1. The van der Waals surface area contributed by atoms with Gasteiger partial charge in [-0.05, 0) is 18.9 Å². The zero-order valence-electron chi connectivity index (χ0n) is 12.0. The lowest BCUT2D eigenvalue weighted by atomic mass is 9.92. The minimum atomic E-state index is -0.591. The maximum Gasteiger partial charge on any atom is 0.154 e. The number of Topliss-reactive ketones (excluding diaryl/α,β-unsaturated/α-hetero) is 1. The van der Waals surface area contributed by atoms with E-state index < -0.39 is 5.92 Å². The summed E-state index contributed by atoms with van der Waals surface area (Å²) in [7, 11) is 0. The van der Waals surface area contributed by atoms with E-state index in [4.69, 9.17) is 0 Å². The number of nitrogens with zero attached hydrogens (tertiary/aromatic N) is 1. The van der Waals surface area contributed by atoms with Gasteiger partial charge in [-0.3, -0.25) is 4.79 Å². The first-order chi connectivity index (χ1) is 9.19. The lowest BCUT2D eigenvalue weighted by molar-refractivity contribution is -0.119. The molecule has 0 aliphatic rings. The van der Waals surface area contributed by atoms with Crippen LogP contribution in [0.1, 0.15) is 62.5 Å². The van der Waals surface area contributed by atoms with Gasteiger partial charge in [0.2, 0.25) is 0 Å². The molecule has 0 saturated heterocycles. The fraction of sp³-hybridized carbons (Fsp3) is 0.529. The number of hydrogen-bond acceptors (Lipinski definition) is 2. The highest BCUT2D eigenvalue weighted by Crippen LogP contribution is 2.19. The van der Waals surface area contributed by atoms with Crippen molar-refractivity contribution in [3.05, 3.63) is 35.4 Å². The van der Waals surface area contributed by atoms with E-state index in [1.165, 1.54) is 19.3 Å². The van der Waals surface area contributed by atoms with Gasteiger partial charge in [0.1, 0.15) is 5.92 Å². The van der Waals surface area contributed by atoms with Crippen molar-refractivity contribution < 1.29 is 4.79 Å². The van der Waals surface area contributed by atoms with Crippen molar-refractivity contribution in [2.24, 2.45) is 0 Å².